The minimum absolute atomic E-state index is 0.185. The number of carbonyl (C=O) groups excluding carboxylic acids is 2. The Kier molecular flexibility index (Phi) is 8.74. The average molecular weight is 769 g/mol. The van der Waals surface area contributed by atoms with E-state index >= 15 is 0 Å². The lowest BCUT2D eigenvalue weighted by atomic mass is 9.47. The number of aliphatic hydroxyl groups is 3. The van der Waals surface area contributed by atoms with Crippen LogP contribution in [0.3, 0.4) is 0 Å². The summed E-state index contributed by atoms with van der Waals surface area (Å²) in [5, 5.41) is 38.5. The quantitative estimate of drug-likeness (QED) is 0.0715. The Hall–Kier alpha value is -3.98. The van der Waals surface area contributed by atoms with Gasteiger partial charge in [-0.05, 0) is 73.4 Å². The molecular weight excluding hydrogens is 713 g/mol. The number of benzene rings is 2. The molecule has 1 aliphatic carbocycles. The highest BCUT2D eigenvalue weighted by Gasteiger charge is 2.78. The SMILES string of the molecule is CCC1(O)CC2C[N@](CCc3c([nH]c4ccccc34)[C@H](C(=O)OC)C2c2cc3c(cc2OC)N(C)C2[C@]34CCN3CC=C[C@](CC)(C34)[C@@H](O)[C@]2(O)C(=O)NN)C1. The van der Waals surface area contributed by atoms with Crippen molar-refractivity contribution in [3.63, 3.8) is 0 Å². The highest BCUT2D eigenvalue weighted by molar-refractivity contribution is 5.91. The van der Waals surface area contributed by atoms with Crippen LogP contribution in [0.15, 0.2) is 48.6 Å². The van der Waals surface area contributed by atoms with Gasteiger partial charge in [0.05, 0.1) is 25.9 Å². The van der Waals surface area contributed by atoms with Crippen molar-refractivity contribution in [3.05, 3.63) is 70.9 Å². The normalized spacial score (nSPS) is 38.4. The molecule has 7 N–H and O–H groups in total. The summed E-state index contributed by atoms with van der Waals surface area (Å²) in [6.45, 7) is 7.33. The first-order valence-electron chi connectivity index (χ1n) is 20.3. The second-order valence-electron chi connectivity index (χ2n) is 17.5. The predicted octanol–water partition coefficient (Wildman–Crippen LogP) is 2.43. The predicted molar refractivity (Wildman–Crippen MR) is 211 cm³/mol. The third kappa shape index (κ3) is 4.75. The van der Waals surface area contributed by atoms with Gasteiger partial charge < -0.3 is 34.7 Å². The van der Waals surface area contributed by atoms with Crippen molar-refractivity contribution in [2.75, 3.05) is 58.9 Å². The fourth-order valence-corrected chi connectivity index (χ4v) is 13.1. The van der Waals surface area contributed by atoms with Gasteiger partial charge in [-0.3, -0.25) is 24.8 Å². The molecule has 2 saturated heterocycles. The van der Waals surface area contributed by atoms with E-state index in [0.717, 1.165) is 45.5 Å². The number of hydrazine groups is 1. The number of nitrogens with two attached hydrogens (primary N) is 1. The summed E-state index contributed by atoms with van der Waals surface area (Å²) < 4.78 is 12.0. The number of carbonyl (C=O) groups is 2. The number of piperidine rings is 1. The topological polar surface area (TPSA) is 177 Å². The van der Waals surface area contributed by atoms with Crippen molar-refractivity contribution in [1.82, 2.24) is 20.2 Å². The number of nitrogens with one attached hydrogen (secondary N) is 2. The lowest BCUT2D eigenvalue weighted by molar-refractivity contribution is -0.203. The summed E-state index contributed by atoms with van der Waals surface area (Å²) in [6, 6.07) is 11.2. The monoisotopic (exact) mass is 768 g/mol. The van der Waals surface area contributed by atoms with Crippen LogP contribution in [0, 0.1) is 11.3 Å². The van der Waals surface area contributed by atoms with Gasteiger partial charge in [0.2, 0.25) is 0 Å². The first kappa shape index (κ1) is 37.6. The molecule has 1 spiro atoms. The third-order valence-electron chi connectivity index (χ3n) is 15.3. The standard InChI is InChI=1S/C43H56N6O7/c1-6-40(53)21-24-22-48(23-40)17-13-26-25-11-8-9-12-29(25)45-34(26)33(35(50)56-5)32(24)27-19-28-30(20-31(27)55-4)47(3)37-42(28)15-18-49-16-10-14-41(7-2,36(42)49)38(51)43(37,54)39(52)46-44/h8-12,14,19-20,24,32-33,36-38,45,51,53-54H,6-7,13,15-18,21-23,44H2,1-5H3,(H,46,52)/t24?,32?,33-,36?,37?,38-,40?,41-,42-,43+/m1/s1. The number of methoxy groups -OCH3 is 2. The van der Waals surface area contributed by atoms with Gasteiger partial charge in [0.25, 0.3) is 5.91 Å². The Balaban J connectivity index is 1.33. The number of hydrogen-bond acceptors (Lipinski definition) is 11. The van der Waals surface area contributed by atoms with E-state index < -0.39 is 51.9 Å². The second-order valence-corrected chi connectivity index (χ2v) is 17.5. The Labute approximate surface area is 327 Å². The molecule has 1 amide bonds. The van der Waals surface area contributed by atoms with Crippen LogP contribution >= 0.6 is 0 Å². The van der Waals surface area contributed by atoms with E-state index in [1.807, 2.05) is 62.2 Å². The maximum absolute atomic E-state index is 14.6. The Morgan fingerprint density at radius 2 is 1.88 bits per heavy atom. The van der Waals surface area contributed by atoms with Crippen molar-refractivity contribution in [3.8, 4) is 5.75 Å². The molecule has 3 aromatic rings. The molecule has 9 rings (SSSR count). The number of rotatable bonds is 6. The van der Waals surface area contributed by atoms with Gasteiger partial charge in [0.1, 0.15) is 17.8 Å². The lowest BCUT2D eigenvalue weighted by Crippen LogP contribution is -2.82. The molecule has 300 valence electrons. The van der Waals surface area contributed by atoms with E-state index in [4.69, 9.17) is 15.3 Å². The van der Waals surface area contributed by atoms with Crippen molar-refractivity contribution >= 4 is 28.5 Å². The number of anilines is 1. The molecule has 0 radical (unpaired) electrons. The van der Waals surface area contributed by atoms with Gasteiger partial charge in [-0.2, -0.15) is 0 Å². The first-order chi connectivity index (χ1) is 26.9. The highest BCUT2D eigenvalue weighted by Crippen LogP contribution is 2.67. The van der Waals surface area contributed by atoms with Gasteiger partial charge in [-0.25, -0.2) is 5.84 Å². The minimum atomic E-state index is -2.28. The van der Waals surface area contributed by atoms with Gasteiger partial charge in [0, 0.05) is 84.4 Å². The molecule has 3 fully saturated rings. The molecular formula is C43H56N6O7. The number of fused-ring (bicyclic) bond motifs is 6. The smallest absolute Gasteiger partial charge is 0.315 e. The number of aliphatic hydroxyl groups excluding tert-OH is 1. The Bertz CT molecular complexity index is 2120. The summed E-state index contributed by atoms with van der Waals surface area (Å²) in [4.78, 5) is 39.0. The number of esters is 1. The number of aromatic amines is 1. The van der Waals surface area contributed by atoms with E-state index in [-0.39, 0.29) is 17.9 Å². The zero-order chi connectivity index (χ0) is 39.5. The number of aromatic nitrogens is 1. The number of para-hydroxylation sites is 1. The maximum Gasteiger partial charge on any atom is 0.315 e. The van der Waals surface area contributed by atoms with Crippen LogP contribution in [0.5, 0.6) is 5.75 Å². The molecule has 6 aliphatic rings. The number of ether oxygens (including phenoxy) is 2. The van der Waals surface area contributed by atoms with Crippen LogP contribution in [0.2, 0.25) is 0 Å². The first-order valence-corrected chi connectivity index (χ1v) is 20.3. The van der Waals surface area contributed by atoms with Crippen LogP contribution in [-0.2, 0) is 26.2 Å². The molecule has 2 aromatic carbocycles. The van der Waals surface area contributed by atoms with Crippen LogP contribution in [0.1, 0.15) is 73.8 Å². The van der Waals surface area contributed by atoms with E-state index in [9.17, 15) is 24.9 Å². The molecule has 56 heavy (non-hydrogen) atoms. The van der Waals surface area contributed by atoms with Gasteiger partial charge in [-0.1, -0.05) is 44.2 Å². The summed E-state index contributed by atoms with van der Waals surface area (Å²) in [5.74, 6) is 3.73. The highest BCUT2D eigenvalue weighted by atomic mass is 16.5. The van der Waals surface area contributed by atoms with E-state index in [2.05, 4.69) is 32.3 Å². The zero-order valence-electron chi connectivity index (χ0n) is 33.0. The van der Waals surface area contributed by atoms with E-state index in [0.29, 0.717) is 64.0 Å². The van der Waals surface area contributed by atoms with Gasteiger partial charge in [0.15, 0.2) is 5.60 Å². The molecule has 5 unspecified atom stereocenters. The fourth-order valence-electron chi connectivity index (χ4n) is 13.1. The number of amides is 1. The molecule has 13 heteroatoms. The van der Waals surface area contributed by atoms with Crippen molar-refractivity contribution in [2.45, 2.75) is 92.6 Å². The van der Waals surface area contributed by atoms with Crippen molar-refractivity contribution < 1.29 is 34.4 Å². The van der Waals surface area contributed by atoms with Crippen molar-refractivity contribution in [2.24, 2.45) is 17.2 Å². The van der Waals surface area contributed by atoms with Crippen LogP contribution in [0.4, 0.5) is 5.69 Å². The number of nitrogens with zero attached hydrogens (tertiary/aromatic N) is 3. The van der Waals surface area contributed by atoms with Crippen molar-refractivity contribution in [1.29, 1.82) is 0 Å². The fraction of sp³-hybridized carbons (Fsp3) is 0.581. The molecule has 13 nitrogen and oxygen atoms in total. The molecule has 5 aliphatic heterocycles. The molecule has 1 aromatic heterocycles. The Morgan fingerprint density at radius 1 is 1.09 bits per heavy atom. The summed E-state index contributed by atoms with van der Waals surface area (Å²) in [5.41, 5.74) is 2.54. The average Bonchev–Trinajstić information content (AvgIpc) is 3.87. The second kappa shape index (κ2) is 13.0. The largest absolute Gasteiger partial charge is 0.496 e. The molecule has 1 saturated carbocycles. The number of likely N-dealkylation sites (N-methyl/N-ethyl adjacent to an activating group) is 1. The number of H-pyrrole nitrogens is 1. The zero-order valence-corrected chi connectivity index (χ0v) is 33.0. The molecule has 2 bridgehead atoms. The van der Waals surface area contributed by atoms with Crippen LogP contribution in [0.25, 0.3) is 10.9 Å². The summed E-state index contributed by atoms with van der Waals surface area (Å²) in [7, 11) is 4.94. The minimum Gasteiger partial charge on any atom is -0.496 e. The van der Waals surface area contributed by atoms with Crippen LogP contribution in [-0.4, -0.2) is 125 Å². The number of hydrogen-bond donors (Lipinski definition) is 6. The lowest BCUT2D eigenvalue weighted by Gasteiger charge is -2.63. The van der Waals surface area contributed by atoms with Gasteiger partial charge >= 0.3 is 5.97 Å². The Morgan fingerprint density at radius 3 is 2.59 bits per heavy atom. The molecule has 6 heterocycles. The summed E-state index contributed by atoms with van der Waals surface area (Å²) in [6.07, 6.45) is 5.43. The third-order valence-corrected chi connectivity index (χ3v) is 15.3. The van der Waals surface area contributed by atoms with Crippen LogP contribution < -0.4 is 20.9 Å². The summed E-state index contributed by atoms with van der Waals surface area (Å²) >= 11 is 0. The van der Waals surface area contributed by atoms with Gasteiger partial charge in [-0.15, -0.1) is 0 Å². The van der Waals surface area contributed by atoms with E-state index in [1.54, 1.807) is 7.11 Å². The van der Waals surface area contributed by atoms with E-state index in [1.165, 1.54) is 7.11 Å². The maximum atomic E-state index is 14.6. The molecule has 11 atom stereocenters.